The minimum absolute atomic E-state index is 0.108. The lowest BCUT2D eigenvalue weighted by molar-refractivity contribution is -0.148. The summed E-state index contributed by atoms with van der Waals surface area (Å²) < 4.78 is 5.63. The number of fused-ring (bicyclic) bond motifs is 5. The van der Waals surface area contributed by atoms with E-state index in [1.165, 1.54) is 51.4 Å². The molecule has 0 radical (unpaired) electrons. The summed E-state index contributed by atoms with van der Waals surface area (Å²) in [5.74, 6) is 4.88. The van der Waals surface area contributed by atoms with Crippen LogP contribution in [0.2, 0.25) is 0 Å². The van der Waals surface area contributed by atoms with Gasteiger partial charge in [0, 0.05) is 13.3 Å². The van der Waals surface area contributed by atoms with Crippen LogP contribution in [0.1, 0.15) is 113 Å². The monoisotopic (exact) mass is 454 g/mol. The van der Waals surface area contributed by atoms with Gasteiger partial charge in [0.15, 0.2) is 0 Å². The molecule has 2 nitrogen and oxygen atoms in total. The number of rotatable bonds is 6. The quantitative estimate of drug-likeness (QED) is 0.297. The Hall–Kier alpha value is -1.05. The van der Waals surface area contributed by atoms with Crippen LogP contribution in [0, 0.1) is 46.3 Å². The zero-order chi connectivity index (χ0) is 24.0. The smallest absolute Gasteiger partial charge is 0.302 e. The second kappa shape index (κ2) is 9.54. The Balaban J connectivity index is 1.47. The minimum atomic E-state index is -0.118. The Labute approximate surface area is 204 Å². The largest absolute Gasteiger partial charge is 0.462 e. The summed E-state index contributed by atoms with van der Waals surface area (Å²) in [6.45, 7) is 16.3. The van der Waals surface area contributed by atoms with Gasteiger partial charge in [-0.3, -0.25) is 4.79 Å². The van der Waals surface area contributed by atoms with Crippen molar-refractivity contribution in [2.45, 2.75) is 119 Å². The summed E-state index contributed by atoms with van der Waals surface area (Å²) >= 11 is 0. The molecule has 33 heavy (non-hydrogen) atoms. The number of hydrogen-bond donors (Lipinski definition) is 0. The van der Waals surface area contributed by atoms with Crippen LogP contribution < -0.4 is 0 Å². The summed E-state index contributed by atoms with van der Waals surface area (Å²) in [6, 6.07) is 0. The molecule has 4 aliphatic carbocycles. The Morgan fingerprint density at radius 3 is 2.55 bits per heavy atom. The van der Waals surface area contributed by atoms with E-state index in [4.69, 9.17) is 4.74 Å². The van der Waals surface area contributed by atoms with Crippen molar-refractivity contribution in [3.63, 3.8) is 0 Å². The highest BCUT2D eigenvalue weighted by Crippen LogP contribution is 2.67. The highest BCUT2D eigenvalue weighted by molar-refractivity contribution is 5.66. The van der Waals surface area contributed by atoms with Crippen molar-refractivity contribution in [3.05, 3.63) is 23.3 Å². The van der Waals surface area contributed by atoms with Gasteiger partial charge in [0.2, 0.25) is 0 Å². The third kappa shape index (κ3) is 4.50. The summed E-state index contributed by atoms with van der Waals surface area (Å²) in [7, 11) is 0. The van der Waals surface area contributed by atoms with Crippen LogP contribution in [0.3, 0.4) is 0 Å². The topological polar surface area (TPSA) is 26.3 Å². The molecular weight excluding hydrogens is 404 g/mol. The Morgan fingerprint density at radius 1 is 1.12 bits per heavy atom. The molecule has 8 atom stereocenters. The maximum absolute atomic E-state index is 11.5. The van der Waals surface area contributed by atoms with Gasteiger partial charge in [-0.2, -0.15) is 0 Å². The molecule has 0 aromatic heterocycles. The summed E-state index contributed by atoms with van der Waals surface area (Å²) in [5, 5.41) is 0. The lowest BCUT2D eigenvalue weighted by Crippen LogP contribution is -2.51. The average Bonchev–Trinajstić information content (AvgIpc) is 3.11. The average molecular weight is 455 g/mol. The van der Waals surface area contributed by atoms with E-state index >= 15 is 0 Å². The molecule has 0 N–H and O–H groups in total. The van der Waals surface area contributed by atoms with Gasteiger partial charge in [-0.05, 0) is 111 Å². The van der Waals surface area contributed by atoms with Crippen LogP contribution in [0.4, 0.5) is 0 Å². The maximum Gasteiger partial charge on any atom is 0.302 e. The number of allylic oxidation sites excluding steroid dienone is 3. The lowest BCUT2D eigenvalue weighted by Gasteiger charge is -2.58. The van der Waals surface area contributed by atoms with Crippen LogP contribution in [0.25, 0.3) is 0 Å². The van der Waals surface area contributed by atoms with Gasteiger partial charge in [-0.15, -0.1) is 0 Å². The van der Waals surface area contributed by atoms with Crippen molar-refractivity contribution in [2.75, 3.05) is 0 Å². The van der Waals surface area contributed by atoms with Gasteiger partial charge in [0.25, 0.3) is 0 Å². The molecule has 0 aromatic carbocycles. The summed E-state index contributed by atoms with van der Waals surface area (Å²) in [6.07, 6.45) is 17.9. The van der Waals surface area contributed by atoms with Gasteiger partial charge in [0.1, 0.15) is 6.10 Å². The molecule has 0 heterocycles. The predicted molar refractivity (Wildman–Crippen MR) is 138 cm³/mol. The fourth-order valence-corrected chi connectivity index (χ4v) is 9.30. The van der Waals surface area contributed by atoms with Gasteiger partial charge >= 0.3 is 5.97 Å². The van der Waals surface area contributed by atoms with Crippen LogP contribution in [-0.2, 0) is 9.53 Å². The van der Waals surface area contributed by atoms with E-state index in [9.17, 15) is 4.79 Å². The normalized spacial score (nSPS) is 41.6. The fraction of sp³-hybridized carbons (Fsp3) is 0.839. The van der Waals surface area contributed by atoms with Crippen LogP contribution in [-0.4, -0.2) is 12.1 Å². The molecule has 0 spiro atoms. The number of hydrogen-bond acceptors (Lipinski definition) is 2. The summed E-state index contributed by atoms with van der Waals surface area (Å²) in [5.41, 5.74) is 4.13. The van der Waals surface area contributed by atoms with Crippen molar-refractivity contribution in [1.82, 2.24) is 0 Å². The highest BCUT2D eigenvalue weighted by Gasteiger charge is 2.59. The SMILES string of the molecule is C/C=C(\CC[C@@H](C)[C@@H]1CC[C@@H]2[C@H]3CC=C4C[C@@H](OC(C)=O)CC[C@]4(C)[C@@H]3CC[C@]21C)C(C)C. The first-order valence-electron chi connectivity index (χ1n) is 14.1. The number of esters is 1. The molecule has 0 amide bonds. The van der Waals surface area contributed by atoms with Crippen LogP contribution >= 0.6 is 0 Å². The van der Waals surface area contributed by atoms with Gasteiger partial charge in [-0.25, -0.2) is 0 Å². The standard InChI is InChI=1S/C31H50O2/c1-8-23(20(2)3)10-9-21(4)27-13-14-28-26-12-11-24-19-25(33-22(5)32)15-17-30(24,6)29(26)16-18-31(27,28)7/h8,11,20-21,25-29H,9-10,12-19H2,1-7H3/b23-8+/t21-,25+,26-,27+,28-,29-,30+,31+/m1/s1. The summed E-state index contributed by atoms with van der Waals surface area (Å²) in [4.78, 5) is 11.5. The molecule has 4 aliphatic rings. The molecule has 3 fully saturated rings. The third-order valence-corrected chi connectivity index (χ3v) is 11.2. The van der Waals surface area contributed by atoms with Gasteiger partial charge in [-0.1, -0.05) is 57.9 Å². The Kier molecular flexibility index (Phi) is 7.24. The van der Waals surface area contributed by atoms with Crippen molar-refractivity contribution < 1.29 is 9.53 Å². The first-order valence-corrected chi connectivity index (χ1v) is 14.1. The van der Waals surface area contributed by atoms with Crippen molar-refractivity contribution in [3.8, 4) is 0 Å². The molecule has 0 saturated heterocycles. The Morgan fingerprint density at radius 2 is 1.88 bits per heavy atom. The third-order valence-electron chi connectivity index (χ3n) is 11.2. The molecular formula is C31H50O2. The van der Waals surface area contributed by atoms with E-state index in [0.29, 0.717) is 16.7 Å². The molecule has 0 aromatic rings. The van der Waals surface area contributed by atoms with Crippen molar-refractivity contribution >= 4 is 5.97 Å². The van der Waals surface area contributed by atoms with E-state index in [-0.39, 0.29) is 12.1 Å². The minimum Gasteiger partial charge on any atom is -0.462 e. The van der Waals surface area contributed by atoms with E-state index in [0.717, 1.165) is 42.4 Å². The van der Waals surface area contributed by atoms with E-state index < -0.39 is 0 Å². The molecule has 4 rings (SSSR count). The Bertz CT molecular complexity index is 791. The van der Waals surface area contributed by atoms with E-state index in [1.807, 2.05) is 0 Å². The highest BCUT2D eigenvalue weighted by atomic mass is 16.5. The predicted octanol–water partition coefficient (Wildman–Crippen LogP) is 8.52. The lowest BCUT2D eigenvalue weighted by atomic mass is 9.47. The second-order valence-corrected chi connectivity index (χ2v) is 13.0. The van der Waals surface area contributed by atoms with Gasteiger partial charge in [0.05, 0.1) is 0 Å². The molecule has 2 heteroatoms. The fourth-order valence-electron chi connectivity index (χ4n) is 9.30. The molecule has 186 valence electrons. The molecule has 3 saturated carbocycles. The maximum atomic E-state index is 11.5. The molecule has 0 bridgehead atoms. The van der Waals surface area contributed by atoms with Crippen molar-refractivity contribution in [2.24, 2.45) is 46.3 Å². The zero-order valence-corrected chi connectivity index (χ0v) is 22.6. The zero-order valence-electron chi connectivity index (χ0n) is 22.6. The number of ether oxygens (including phenoxy) is 1. The van der Waals surface area contributed by atoms with Crippen molar-refractivity contribution in [1.29, 1.82) is 0 Å². The van der Waals surface area contributed by atoms with E-state index in [1.54, 1.807) is 18.1 Å². The van der Waals surface area contributed by atoms with Crippen LogP contribution in [0.5, 0.6) is 0 Å². The molecule has 0 unspecified atom stereocenters. The second-order valence-electron chi connectivity index (χ2n) is 13.0. The molecule has 0 aliphatic heterocycles. The first kappa shape index (κ1) is 25.1. The van der Waals surface area contributed by atoms with Crippen LogP contribution in [0.15, 0.2) is 23.3 Å². The number of carbonyl (C=O) groups excluding carboxylic acids is 1. The van der Waals surface area contributed by atoms with Gasteiger partial charge < -0.3 is 4.74 Å². The number of carbonyl (C=O) groups is 1. The first-order chi connectivity index (χ1) is 15.6. The van der Waals surface area contributed by atoms with E-state index in [2.05, 4.69) is 53.7 Å².